The number of likely N-dealkylation sites (N-methyl/N-ethyl adjacent to an activating group) is 1. The zero-order valence-corrected chi connectivity index (χ0v) is 43.3. The second kappa shape index (κ2) is 26.1. The molecule has 0 aromatic heterocycles. The molecular weight excluding hydrogens is 1450 g/mol. The first-order chi connectivity index (χ1) is 27.3. The highest BCUT2D eigenvalue weighted by Gasteiger charge is 2.33. The van der Waals surface area contributed by atoms with Crippen LogP contribution >= 0.6 is 136 Å². The number of nitrogens with zero attached hydrogens (tertiary/aromatic N) is 2. The maximum absolute atomic E-state index is 14.3. The molecule has 0 spiro atoms. The van der Waals surface area contributed by atoms with Gasteiger partial charge in [-0.15, -0.1) is 0 Å². The van der Waals surface area contributed by atoms with Gasteiger partial charge in [0.05, 0.1) is 79.9 Å². The Hall–Kier alpha value is -0.640. The minimum Gasteiger partial charge on any atom is -0.395 e. The van der Waals surface area contributed by atoms with Gasteiger partial charge in [-0.25, -0.2) is 0 Å². The van der Waals surface area contributed by atoms with E-state index in [1.807, 2.05) is 136 Å². The van der Waals surface area contributed by atoms with Gasteiger partial charge < -0.3 is 66.8 Å². The zero-order valence-electron chi connectivity index (χ0n) is 30.4. The van der Waals surface area contributed by atoms with E-state index in [9.17, 15) is 59.4 Å². The fourth-order valence-electron chi connectivity index (χ4n) is 5.01. The van der Waals surface area contributed by atoms with Gasteiger partial charge in [0.15, 0.2) is 0 Å². The van der Waals surface area contributed by atoms with E-state index >= 15 is 0 Å². The Morgan fingerprint density at radius 3 is 1.47 bits per heavy atom. The SMILES string of the molecule is CN(CC(O)CO)C(=O)c1c(I)c(NC(=O)CO)c(I)c(C(=O)N(CCO)CCCNC(=O)c2c(I)c(NC(=O)CO)c(I)c(C(=O)NCC[C@@H](O)CO)c2I)c1I. The van der Waals surface area contributed by atoms with Gasteiger partial charge in [0.1, 0.15) is 13.2 Å². The third kappa shape index (κ3) is 14.2. The first-order valence-electron chi connectivity index (χ1n) is 16.8. The fraction of sp³-hybridized carbons (Fsp3) is 0.455. The monoisotopic (exact) mass is 1490 g/mol. The number of benzene rings is 2. The Morgan fingerprint density at radius 1 is 0.586 bits per heavy atom. The van der Waals surface area contributed by atoms with Crippen molar-refractivity contribution in [2.45, 2.75) is 25.0 Å². The lowest BCUT2D eigenvalue weighted by Crippen LogP contribution is -2.39. The van der Waals surface area contributed by atoms with Crippen LogP contribution < -0.4 is 21.3 Å². The minimum atomic E-state index is -1.25. The summed E-state index contributed by atoms with van der Waals surface area (Å²) in [6.45, 7) is -3.79. The van der Waals surface area contributed by atoms with Crippen molar-refractivity contribution in [3.05, 3.63) is 43.7 Å². The molecule has 0 heterocycles. The second-order valence-corrected chi connectivity index (χ2v) is 18.5. The van der Waals surface area contributed by atoms with Gasteiger partial charge in [0.25, 0.3) is 23.6 Å². The van der Waals surface area contributed by atoms with Crippen LogP contribution in [0.4, 0.5) is 11.4 Å². The van der Waals surface area contributed by atoms with Crippen LogP contribution in [0.5, 0.6) is 0 Å². The molecule has 19 nitrogen and oxygen atoms in total. The number of anilines is 2. The van der Waals surface area contributed by atoms with E-state index in [0.29, 0.717) is 0 Å². The van der Waals surface area contributed by atoms with Crippen LogP contribution in [0.2, 0.25) is 0 Å². The number of halogens is 6. The molecule has 1 unspecified atom stereocenters. The summed E-state index contributed by atoms with van der Waals surface area (Å²) in [7, 11) is 1.39. The lowest BCUT2D eigenvalue weighted by atomic mass is 10.1. The molecule has 0 saturated heterocycles. The van der Waals surface area contributed by atoms with Crippen LogP contribution in [0.15, 0.2) is 0 Å². The smallest absolute Gasteiger partial charge is 0.256 e. The highest BCUT2D eigenvalue weighted by Crippen LogP contribution is 2.38. The van der Waals surface area contributed by atoms with Crippen molar-refractivity contribution in [3.8, 4) is 0 Å². The predicted molar refractivity (Wildman–Crippen MR) is 261 cm³/mol. The Labute approximate surface area is 414 Å². The summed E-state index contributed by atoms with van der Waals surface area (Å²) in [5.41, 5.74) is 0.275. The van der Waals surface area contributed by atoms with Crippen LogP contribution in [0.3, 0.4) is 0 Å². The molecule has 0 bridgehead atoms. The van der Waals surface area contributed by atoms with Gasteiger partial charge in [-0.05, 0) is 148 Å². The van der Waals surface area contributed by atoms with Crippen molar-refractivity contribution in [2.24, 2.45) is 0 Å². The first-order valence-corrected chi connectivity index (χ1v) is 23.3. The standard InChI is InChI=1S/C33H40I6N6O13/c1-44(9-15(52)11-48)32(57)20-23(35)21(27(39)29(26(20)38)43-17(54)13-50)33(58)45(7-8-46)6-2-4-40-30(55)18-22(34)19(31(56)41-5-3-14(51)10-47)25(37)28(24(18)36)42-16(53)12-49/h14-15,46-52H,2-13H2,1H3,(H,40,55)(H,41,56)(H,42,53)(H,43,54)/t14-,15?/m1/s1. The number of hydrogen-bond donors (Lipinski definition) is 11. The average molecular weight is 1490 g/mol. The maximum Gasteiger partial charge on any atom is 0.256 e. The summed E-state index contributed by atoms with van der Waals surface area (Å²) < 4.78 is 1.46. The third-order valence-electron chi connectivity index (χ3n) is 7.90. The van der Waals surface area contributed by atoms with Crippen molar-refractivity contribution < 1.29 is 64.5 Å². The summed E-state index contributed by atoms with van der Waals surface area (Å²) in [4.78, 5) is 82.0. The zero-order chi connectivity index (χ0) is 44.0. The van der Waals surface area contributed by atoms with Crippen LogP contribution in [0.1, 0.15) is 54.3 Å². The summed E-state index contributed by atoms with van der Waals surface area (Å²) in [5, 5.41) is 77.3. The van der Waals surface area contributed by atoms with E-state index in [1.165, 1.54) is 11.9 Å². The maximum atomic E-state index is 14.3. The largest absolute Gasteiger partial charge is 0.395 e. The summed E-state index contributed by atoms with van der Waals surface area (Å²) in [6, 6.07) is 0. The van der Waals surface area contributed by atoms with E-state index in [4.69, 9.17) is 5.11 Å². The molecule has 0 saturated carbocycles. The minimum absolute atomic E-state index is 0.00364. The number of nitrogens with one attached hydrogen (secondary N) is 4. The molecule has 2 aromatic rings. The molecule has 0 aliphatic carbocycles. The van der Waals surface area contributed by atoms with Crippen LogP contribution in [-0.2, 0) is 9.59 Å². The number of aliphatic hydroxyl groups excluding tert-OH is 7. The van der Waals surface area contributed by atoms with Crippen molar-refractivity contribution in [3.63, 3.8) is 0 Å². The molecule has 322 valence electrons. The topological polar surface area (TPSA) is 299 Å². The Morgan fingerprint density at radius 2 is 1.02 bits per heavy atom. The predicted octanol–water partition coefficient (Wildman–Crippen LogP) is 0.329. The highest BCUT2D eigenvalue weighted by atomic mass is 127. The van der Waals surface area contributed by atoms with Crippen molar-refractivity contribution in [2.75, 3.05) is 83.4 Å². The molecule has 6 amide bonds. The van der Waals surface area contributed by atoms with Gasteiger partial charge >= 0.3 is 0 Å². The number of aliphatic hydroxyl groups is 7. The summed E-state index contributed by atoms with van der Waals surface area (Å²) >= 11 is 11.0. The van der Waals surface area contributed by atoms with Crippen LogP contribution in [0.25, 0.3) is 0 Å². The van der Waals surface area contributed by atoms with Gasteiger partial charge in [-0.2, -0.15) is 0 Å². The molecule has 0 fully saturated rings. The molecular formula is C33H40I6N6O13. The van der Waals surface area contributed by atoms with E-state index in [1.54, 1.807) is 0 Å². The molecule has 2 atom stereocenters. The second-order valence-electron chi connectivity index (χ2n) is 12.1. The van der Waals surface area contributed by atoms with Gasteiger partial charge in [-0.1, -0.05) is 0 Å². The van der Waals surface area contributed by atoms with Crippen molar-refractivity contribution in [1.82, 2.24) is 20.4 Å². The Balaban J connectivity index is 2.48. The van der Waals surface area contributed by atoms with E-state index in [0.717, 1.165) is 4.90 Å². The lowest BCUT2D eigenvalue weighted by molar-refractivity contribution is -0.119. The van der Waals surface area contributed by atoms with Gasteiger partial charge in [0.2, 0.25) is 11.8 Å². The Bertz CT molecular complexity index is 1880. The summed E-state index contributed by atoms with van der Waals surface area (Å²) in [6.07, 6.45) is -2.12. The lowest BCUT2D eigenvalue weighted by Gasteiger charge is -2.27. The highest BCUT2D eigenvalue weighted by molar-refractivity contribution is 14.1. The summed E-state index contributed by atoms with van der Waals surface area (Å²) in [5.74, 6) is -4.14. The molecule has 11 N–H and O–H groups in total. The molecule has 2 aromatic carbocycles. The molecule has 0 radical (unpaired) electrons. The molecule has 25 heteroatoms. The fourth-order valence-corrected chi connectivity index (χ4v) is 13.8. The number of carbonyl (C=O) groups is 6. The molecule has 0 aliphatic heterocycles. The van der Waals surface area contributed by atoms with E-state index < -0.39 is 80.7 Å². The first kappa shape index (κ1) is 53.5. The van der Waals surface area contributed by atoms with Crippen molar-refractivity contribution in [1.29, 1.82) is 0 Å². The molecule has 58 heavy (non-hydrogen) atoms. The van der Waals surface area contributed by atoms with Crippen LogP contribution in [-0.4, -0.2) is 166 Å². The quantitative estimate of drug-likeness (QED) is 0.0595. The number of rotatable bonds is 21. The van der Waals surface area contributed by atoms with Gasteiger partial charge in [-0.3, -0.25) is 28.8 Å². The third-order valence-corrected chi connectivity index (χ3v) is 14.4. The normalized spacial score (nSPS) is 12.0. The van der Waals surface area contributed by atoms with E-state index in [2.05, 4.69) is 21.3 Å². The van der Waals surface area contributed by atoms with Crippen LogP contribution in [0, 0.1) is 21.4 Å². The number of hydrogen-bond acceptors (Lipinski definition) is 13. The van der Waals surface area contributed by atoms with E-state index in [-0.39, 0.29) is 101 Å². The molecule has 2 rings (SSSR count). The molecule has 0 aliphatic rings. The Kier molecular flexibility index (Phi) is 24.1. The number of amides is 6. The number of carbonyl (C=O) groups excluding carboxylic acids is 6. The van der Waals surface area contributed by atoms with Gasteiger partial charge in [0, 0.05) is 46.9 Å². The van der Waals surface area contributed by atoms with Crippen molar-refractivity contribution >= 4 is 182 Å². The average Bonchev–Trinajstić information content (AvgIpc) is 3.18.